The normalized spacial score (nSPS) is 19.0. The van der Waals surface area contributed by atoms with E-state index in [1.807, 2.05) is 0 Å². The number of piperidine rings is 1. The molecule has 0 aromatic heterocycles. The summed E-state index contributed by atoms with van der Waals surface area (Å²) in [6, 6.07) is 7.24. The molecule has 272 valence electrons. The summed E-state index contributed by atoms with van der Waals surface area (Å²) in [6.45, 7) is 0.884. The predicted octanol–water partition coefficient (Wildman–Crippen LogP) is 7.10. The zero-order valence-corrected chi connectivity index (χ0v) is 29.7. The minimum Gasteiger partial charge on any atom is -0.761 e. The van der Waals surface area contributed by atoms with Gasteiger partial charge in [0.05, 0.1) is 30.8 Å². The number of esters is 1. The molecule has 0 amide bonds. The van der Waals surface area contributed by atoms with E-state index in [2.05, 4.69) is 11.3 Å². The lowest BCUT2D eigenvalue weighted by atomic mass is 9.99. The number of methoxy groups -OCH3 is 2. The number of hydrogen-bond donors (Lipinski definition) is 1. The number of allylic oxidation sites excluding steroid dienone is 3. The highest BCUT2D eigenvalue weighted by Crippen LogP contribution is 2.40. The Balaban J connectivity index is 1.76. The van der Waals surface area contributed by atoms with Crippen molar-refractivity contribution in [2.45, 2.75) is 62.2 Å². The Morgan fingerprint density at radius 2 is 1.82 bits per heavy atom. The van der Waals surface area contributed by atoms with E-state index in [0.717, 1.165) is 19.0 Å². The van der Waals surface area contributed by atoms with Gasteiger partial charge in [-0.05, 0) is 73.4 Å². The van der Waals surface area contributed by atoms with E-state index in [1.54, 1.807) is 10.7 Å². The van der Waals surface area contributed by atoms with Gasteiger partial charge < -0.3 is 34.4 Å². The van der Waals surface area contributed by atoms with Gasteiger partial charge >= 0.3 is 12.6 Å². The van der Waals surface area contributed by atoms with Crippen LogP contribution in [0.1, 0.15) is 50.2 Å². The van der Waals surface area contributed by atoms with E-state index < -0.39 is 34.4 Å². The first-order valence-electron chi connectivity index (χ1n) is 15.6. The third-order valence-electron chi connectivity index (χ3n) is 8.16. The molecule has 16 heteroatoms. The summed E-state index contributed by atoms with van der Waals surface area (Å²) in [5.41, 5.74) is 2.02. The summed E-state index contributed by atoms with van der Waals surface area (Å²) in [5.74, 6) is -0.248. The van der Waals surface area contributed by atoms with Gasteiger partial charge in [0.1, 0.15) is 21.9 Å². The molecule has 1 heterocycles. The fourth-order valence-corrected chi connectivity index (χ4v) is 7.76. The monoisotopic (exact) mass is 757 g/mol. The molecule has 2 aromatic rings. The van der Waals surface area contributed by atoms with Gasteiger partial charge in [0.25, 0.3) is 0 Å². The Bertz CT molecular complexity index is 1760. The zero-order valence-electron chi connectivity index (χ0n) is 27.3. The first-order chi connectivity index (χ1) is 24.0. The van der Waals surface area contributed by atoms with Crippen LogP contribution in [0.4, 0.5) is 8.78 Å². The maximum absolute atomic E-state index is 14.4. The van der Waals surface area contributed by atoms with Crippen molar-refractivity contribution < 1.29 is 46.3 Å². The largest absolute Gasteiger partial charge is 0.761 e. The lowest BCUT2D eigenvalue weighted by Crippen LogP contribution is -2.49. The third kappa shape index (κ3) is 9.51. The average Bonchev–Trinajstić information content (AvgIpc) is 3.96. The number of hydrogen-bond acceptors (Lipinski definition) is 10. The van der Waals surface area contributed by atoms with Gasteiger partial charge in [0.15, 0.2) is 23.0 Å². The number of hydroxylamine groups is 1. The van der Waals surface area contributed by atoms with Crippen LogP contribution >= 0.6 is 23.2 Å². The van der Waals surface area contributed by atoms with E-state index in [9.17, 15) is 27.8 Å². The summed E-state index contributed by atoms with van der Waals surface area (Å²) < 4.78 is 69.5. The van der Waals surface area contributed by atoms with Gasteiger partial charge in [-0.15, -0.1) is 0 Å². The number of halogens is 4. The summed E-state index contributed by atoms with van der Waals surface area (Å²) in [6.07, 6.45) is 3.90. The molecule has 11 nitrogen and oxygen atoms in total. The van der Waals surface area contributed by atoms with E-state index in [-0.39, 0.29) is 75.3 Å². The second kappa shape index (κ2) is 17.9. The Kier molecular flexibility index (Phi) is 14.0. The molecule has 3 atom stereocenters. The minimum absolute atomic E-state index is 0.00900. The number of ether oxygens (including phenoxy) is 5. The summed E-state index contributed by atoms with van der Waals surface area (Å²) >= 11 is 12.8. The zero-order chi connectivity index (χ0) is 36.4. The molecular weight excluding hydrogens is 721 g/mol. The van der Waals surface area contributed by atoms with E-state index in [4.69, 9.17) is 42.1 Å². The molecule has 1 saturated heterocycles. The second-order valence-electron chi connectivity index (χ2n) is 11.4. The Labute approximate surface area is 299 Å². The number of carbonyl (C=O) groups is 1. The highest BCUT2D eigenvalue weighted by Gasteiger charge is 2.39. The molecular formula is C34H37Cl2F2N2O9S-. The van der Waals surface area contributed by atoms with E-state index >= 15 is 0 Å². The Morgan fingerprint density at radius 3 is 2.44 bits per heavy atom. The van der Waals surface area contributed by atoms with Gasteiger partial charge in [0, 0.05) is 30.3 Å². The molecule has 3 unspecified atom stereocenters. The molecule has 0 spiro atoms. The molecule has 2 fully saturated rings. The molecule has 1 aliphatic carbocycles. The smallest absolute Gasteiger partial charge is 0.387 e. The van der Waals surface area contributed by atoms with Crippen molar-refractivity contribution >= 4 is 44.1 Å². The average molecular weight is 759 g/mol. The first-order valence-corrected chi connectivity index (χ1v) is 17.8. The van der Waals surface area contributed by atoms with Gasteiger partial charge in [-0.3, -0.25) is 4.79 Å². The fourth-order valence-electron chi connectivity index (χ4n) is 5.39. The highest BCUT2D eigenvalue weighted by atomic mass is 35.5. The molecule has 0 bridgehead atoms. The van der Waals surface area contributed by atoms with Crippen molar-refractivity contribution in [3.8, 4) is 23.0 Å². The molecule has 1 aliphatic heterocycles. The predicted molar refractivity (Wildman–Crippen MR) is 184 cm³/mol. The van der Waals surface area contributed by atoms with Crippen LogP contribution in [-0.2, 0) is 24.0 Å². The van der Waals surface area contributed by atoms with Crippen LogP contribution in [0.3, 0.4) is 0 Å². The second-order valence-corrected chi connectivity index (χ2v) is 14.4. The number of nitrogens with one attached hydrogen (secondary N) is 1. The molecule has 1 saturated carbocycles. The van der Waals surface area contributed by atoms with Crippen LogP contribution in [0.15, 0.2) is 75.8 Å². The van der Waals surface area contributed by atoms with Crippen LogP contribution < -0.4 is 24.4 Å². The van der Waals surface area contributed by atoms with Crippen molar-refractivity contribution in [1.82, 2.24) is 9.79 Å². The number of benzene rings is 2. The van der Waals surface area contributed by atoms with Gasteiger partial charge in [-0.25, -0.2) is 13.3 Å². The number of nitrogens with zero attached hydrogens (tertiary/aromatic N) is 1. The Morgan fingerprint density at radius 1 is 1.10 bits per heavy atom. The first kappa shape index (κ1) is 39.0. The van der Waals surface area contributed by atoms with Crippen LogP contribution in [-0.4, -0.2) is 59.7 Å². The van der Waals surface area contributed by atoms with Crippen LogP contribution in [0.25, 0.3) is 0 Å². The van der Waals surface area contributed by atoms with Crippen molar-refractivity contribution in [1.29, 1.82) is 0 Å². The minimum atomic E-state index is -3.79. The maximum atomic E-state index is 14.4. The topological polar surface area (TPSA) is 136 Å². The number of rotatable bonds is 17. The standard InChI is InChI=1S/C34H37Cl2F2N2O9S/c1-4-25(35)24(26(36)18-39-43)17-30(22-10-12-29(49-34(37)38)32(15-22)47-19-21-8-9-21)48-33(42)27-7-5-6-14-40(27)50(44,20-41)23-11-13-28(45-2)31(16-23)46-3/h4,10-13,15-16,18,21,27,30,34,39H,1,5-9,14,17,19H2,2-3H3/q-1. The lowest BCUT2D eigenvalue weighted by molar-refractivity contribution is -0.155. The molecule has 50 heavy (non-hydrogen) atoms. The number of alkyl halides is 2. The SMILES string of the molecule is C=CC(Cl)=C(CC(OC(=O)C1CCCCN1S(=O)(=C=O)c1ccc(OC)c(OC)c1)c1ccc(OC(F)F)c(OCC2CC2)c1)C(Cl)=CN[O-]. The van der Waals surface area contributed by atoms with Crippen LogP contribution in [0.2, 0.25) is 0 Å². The molecule has 4 rings (SSSR count). The summed E-state index contributed by atoms with van der Waals surface area (Å²) in [5, 5.41) is 12.8. The molecule has 2 aliphatic rings. The number of carbonyl (C=O) groups excluding carboxylic acids is 2. The third-order valence-corrected chi connectivity index (χ3v) is 11.1. The lowest BCUT2D eigenvalue weighted by Gasteiger charge is -2.35. The van der Waals surface area contributed by atoms with E-state index in [0.29, 0.717) is 18.6 Å². The van der Waals surface area contributed by atoms with E-state index in [1.165, 1.54) is 61.0 Å². The van der Waals surface area contributed by atoms with Crippen molar-refractivity contribution in [3.05, 3.63) is 81.7 Å². The fraction of sp³-hybridized carbons (Fsp3) is 0.412. The van der Waals surface area contributed by atoms with Gasteiger partial charge in [0.2, 0.25) is 5.23 Å². The quantitative estimate of drug-likeness (QED) is 0.0771. The molecule has 1 N–H and O–H groups in total. The van der Waals surface area contributed by atoms with Crippen molar-refractivity contribution in [2.75, 3.05) is 27.4 Å². The molecule has 2 aromatic carbocycles. The van der Waals surface area contributed by atoms with Crippen molar-refractivity contribution in [2.24, 2.45) is 5.92 Å². The van der Waals surface area contributed by atoms with Gasteiger partial charge in [-0.1, -0.05) is 41.9 Å². The summed E-state index contributed by atoms with van der Waals surface area (Å²) in [4.78, 5) is 26.7. The van der Waals surface area contributed by atoms with Crippen LogP contribution in [0.5, 0.6) is 23.0 Å². The summed E-state index contributed by atoms with van der Waals surface area (Å²) in [7, 11) is -0.970. The van der Waals surface area contributed by atoms with Gasteiger partial charge in [-0.2, -0.15) is 8.78 Å². The Hall–Kier alpha value is -3.78. The maximum Gasteiger partial charge on any atom is 0.387 e. The highest BCUT2D eigenvalue weighted by molar-refractivity contribution is 7.98. The van der Waals surface area contributed by atoms with Crippen molar-refractivity contribution in [3.63, 3.8) is 0 Å². The molecule has 0 radical (unpaired) electrons. The van der Waals surface area contributed by atoms with Crippen LogP contribution in [0, 0.1) is 11.1 Å².